The van der Waals surface area contributed by atoms with Crippen LogP contribution in [0.4, 0.5) is 0 Å². The predicted octanol–water partition coefficient (Wildman–Crippen LogP) is -0.388. The van der Waals surface area contributed by atoms with Gasteiger partial charge < -0.3 is 16.2 Å². The summed E-state index contributed by atoms with van der Waals surface area (Å²) in [5, 5.41) is 11.7. The first-order valence-electron chi connectivity index (χ1n) is 4.35. The molecule has 0 aliphatic carbocycles. The van der Waals surface area contributed by atoms with E-state index < -0.39 is 6.10 Å². The lowest BCUT2D eigenvalue weighted by Crippen LogP contribution is -2.31. The fourth-order valence-corrected chi connectivity index (χ4v) is 0.774. The van der Waals surface area contributed by atoms with Crippen molar-refractivity contribution in [2.45, 2.75) is 32.3 Å². The third kappa shape index (κ3) is 6.12. The van der Waals surface area contributed by atoms with E-state index in [0.29, 0.717) is 6.54 Å². The smallest absolute Gasteiger partial charge is 0.222 e. The average Bonchev–Trinajstić information content (AvgIpc) is 2.05. The summed E-state index contributed by atoms with van der Waals surface area (Å²) in [4.78, 5) is 11.0. The third-order valence-corrected chi connectivity index (χ3v) is 1.55. The largest absolute Gasteiger partial charge is 0.391 e. The van der Waals surface area contributed by atoms with Gasteiger partial charge in [-0.1, -0.05) is 13.3 Å². The highest BCUT2D eigenvalue weighted by atomic mass is 16.3. The Morgan fingerprint density at radius 3 is 2.83 bits per heavy atom. The van der Waals surface area contributed by atoms with Gasteiger partial charge in [0.25, 0.3) is 0 Å². The molecule has 0 radical (unpaired) electrons. The topological polar surface area (TPSA) is 75.3 Å². The second kappa shape index (κ2) is 7.06. The molecule has 72 valence electrons. The summed E-state index contributed by atoms with van der Waals surface area (Å²) in [7, 11) is 0. The monoisotopic (exact) mass is 174 g/mol. The van der Waals surface area contributed by atoms with Crippen LogP contribution in [-0.2, 0) is 4.79 Å². The van der Waals surface area contributed by atoms with Crippen molar-refractivity contribution in [2.75, 3.05) is 13.1 Å². The predicted molar refractivity (Wildman–Crippen MR) is 47.6 cm³/mol. The normalized spacial score (nSPS) is 12.6. The van der Waals surface area contributed by atoms with Crippen LogP contribution < -0.4 is 11.1 Å². The number of aliphatic hydroxyl groups excluding tert-OH is 1. The number of hydrogen-bond donors (Lipinski definition) is 3. The van der Waals surface area contributed by atoms with Gasteiger partial charge in [-0.3, -0.25) is 4.79 Å². The number of aliphatic hydroxyl groups is 1. The maximum atomic E-state index is 11.0. The van der Waals surface area contributed by atoms with Crippen molar-refractivity contribution >= 4 is 5.91 Å². The fourth-order valence-electron chi connectivity index (χ4n) is 0.774. The molecule has 0 aromatic heterocycles. The van der Waals surface area contributed by atoms with Crippen LogP contribution in [0, 0.1) is 0 Å². The van der Waals surface area contributed by atoms with Gasteiger partial charge in [0, 0.05) is 13.1 Å². The zero-order valence-corrected chi connectivity index (χ0v) is 7.55. The SMILES string of the molecule is CCCCNC(=O)CC(O)CN. The molecule has 0 aliphatic rings. The molecule has 4 N–H and O–H groups in total. The number of hydrogen-bond acceptors (Lipinski definition) is 3. The number of carbonyl (C=O) groups excluding carboxylic acids is 1. The Balaban J connectivity index is 3.33. The van der Waals surface area contributed by atoms with Crippen LogP contribution >= 0.6 is 0 Å². The van der Waals surface area contributed by atoms with Crippen LogP contribution in [0.25, 0.3) is 0 Å². The summed E-state index contributed by atoms with van der Waals surface area (Å²) in [6, 6.07) is 0. The molecule has 0 aliphatic heterocycles. The number of nitrogens with two attached hydrogens (primary N) is 1. The number of nitrogens with one attached hydrogen (secondary N) is 1. The lowest BCUT2D eigenvalue weighted by molar-refractivity contribution is -0.122. The van der Waals surface area contributed by atoms with Gasteiger partial charge >= 0.3 is 0 Å². The second-order valence-corrected chi connectivity index (χ2v) is 2.80. The van der Waals surface area contributed by atoms with Gasteiger partial charge in [0.15, 0.2) is 0 Å². The van der Waals surface area contributed by atoms with Gasteiger partial charge in [-0.25, -0.2) is 0 Å². The van der Waals surface area contributed by atoms with Gasteiger partial charge in [-0.15, -0.1) is 0 Å². The Kier molecular flexibility index (Phi) is 6.70. The Morgan fingerprint density at radius 1 is 1.67 bits per heavy atom. The van der Waals surface area contributed by atoms with Gasteiger partial charge in [-0.05, 0) is 6.42 Å². The molecular formula is C8H18N2O2. The molecule has 0 bridgehead atoms. The van der Waals surface area contributed by atoms with Crippen molar-refractivity contribution in [3.63, 3.8) is 0 Å². The maximum absolute atomic E-state index is 11.0. The van der Waals surface area contributed by atoms with Crippen LogP contribution in [0.5, 0.6) is 0 Å². The Hall–Kier alpha value is -0.610. The lowest BCUT2D eigenvalue weighted by Gasteiger charge is -2.07. The summed E-state index contributed by atoms with van der Waals surface area (Å²) in [5.74, 6) is -0.124. The minimum absolute atomic E-state index is 0.111. The third-order valence-electron chi connectivity index (χ3n) is 1.55. The molecule has 0 aromatic rings. The number of rotatable bonds is 6. The molecular weight excluding hydrogens is 156 g/mol. The van der Waals surface area contributed by atoms with E-state index in [1.54, 1.807) is 0 Å². The summed E-state index contributed by atoms with van der Waals surface area (Å²) in [6.45, 7) is 2.88. The highest BCUT2D eigenvalue weighted by molar-refractivity contribution is 5.76. The highest BCUT2D eigenvalue weighted by Crippen LogP contribution is 1.89. The molecule has 0 fully saturated rings. The van der Waals surface area contributed by atoms with E-state index in [-0.39, 0.29) is 18.9 Å². The summed E-state index contributed by atoms with van der Waals surface area (Å²) < 4.78 is 0. The molecule has 12 heavy (non-hydrogen) atoms. The Bertz CT molecular complexity index is 128. The van der Waals surface area contributed by atoms with Crippen LogP contribution in [-0.4, -0.2) is 30.2 Å². The van der Waals surface area contributed by atoms with Crippen molar-refractivity contribution in [2.24, 2.45) is 5.73 Å². The number of unbranched alkanes of at least 4 members (excludes halogenated alkanes) is 1. The number of amides is 1. The first-order valence-corrected chi connectivity index (χ1v) is 4.35. The molecule has 0 rings (SSSR count). The zero-order valence-electron chi connectivity index (χ0n) is 7.55. The average molecular weight is 174 g/mol. The molecule has 4 nitrogen and oxygen atoms in total. The van der Waals surface area contributed by atoms with Crippen LogP contribution in [0.1, 0.15) is 26.2 Å². The summed E-state index contributed by atoms with van der Waals surface area (Å²) >= 11 is 0. The Labute approximate surface area is 73.1 Å². The molecule has 0 aromatic carbocycles. The minimum atomic E-state index is -0.702. The molecule has 1 amide bonds. The van der Waals surface area contributed by atoms with E-state index in [9.17, 15) is 4.79 Å². The quantitative estimate of drug-likeness (QED) is 0.480. The highest BCUT2D eigenvalue weighted by Gasteiger charge is 2.07. The van der Waals surface area contributed by atoms with Crippen molar-refractivity contribution in [3.8, 4) is 0 Å². The van der Waals surface area contributed by atoms with E-state index in [2.05, 4.69) is 12.2 Å². The van der Waals surface area contributed by atoms with E-state index in [1.165, 1.54) is 0 Å². The fraction of sp³-hybridized carbons (Fsp3) is 0.875. The second-order valence-electron chi connectivity index (χ2n) is 2.80. The van der Waals surface area contributed by atoms with Crippen molar-refractivity contribution < 1.29 is 9.90 Å². The van der Waals surface area contributed by atoms with E-state index >= 15 is 0 Å². The molecule has 0 spiro atoms. The van der Waals surface area contributed by atoms with Crippen LogP contribution in [0.2, 0.25) is 0 Å². The van der Waals surface area contributed by atoms with Crippen LogP contribution in [0.3, 0.4) is 0 Å². The molecule has 0 saturated heterocycles. The lowest BCUT2D eigenvalue weighted by atomic mass is 10.2. The minimum Gasteiger partial charge on any atom is -0.391 e. The molecule has 4 heteroatoms. The first-order chi connectivity index (χ1) is 5.70. The van der Waals surface area contributed by atoms with Gasteiger partial charge in [0.05, 0.1) is 12.5 Å². The van der Waals surface area contributed by atoms with Crippen molar-refractivity contribution in [1.82, 2.24) is 5.32 Å². The van der Waals surface area contributed by atoms with Gasteiger partial charge in [0.2, 0.25) is 5.91 Å². The van der Waals surface area contributed by atoms with E-state index in [0.717, 1.165) is 12.8 Å². The summed E-state index contributed by atoms with van der Waals surface area (Å²) in [5.41, 5.74) is 5.15. The zero-order chi connectivity index (χ0) is 9.40. The standard InChI is InChI=1S/C8H18N2O2/c1-2-3-4-10-8(12)5-7(11)6-9/h7,11H,2-6,9H2,1H3,(H,10,12). The van der Waals surface area contributed by atoms with Crippen LogP contribution in [0.15, 0.2) is 0 Å². The molecule has 0 heterocycles. The maximum Gasteiger partial charge on any atom is 0.222 e. The van der Waals surface area contributed by atoms with E-state index in [4.69, 9.17) is 10.8 Å². The van der Waals surface area contributed by atoms with Gasteiger partial charge in [0.1, 0.15) is 0 Å². The first kappa shape index (κ1) is 11.4. The van der Waals surface area contributed by atoms with Crippen molar-refractivity contribution in [1.29, 1.82) is 0 Å². The summed E-state index contributed by atoms with van der Waals surface area (Å²) in [6.07, 6.45) is 1.44. The molecule has 1 atom stereocenters. The van der Waals surface area contributed by atoms with E-state index in [1.807, 2.05) is 0 Å². The molecule has 1 unspecified atom stereocenters. The van der Waals surface area contributed by atoms with Crippen molar-refractivity contribution in [3.05, 3.63) is 0 Å². The molecule has 0 saturated carbocycles. The Morgan fingerprint density at radius 2 is 2.33 bits per heavy atom. The number of carbonyl (C=O) groups is 1. The van der Waals surface area contributed by atoms with Gasteiger partial charge in [-0.2, -0.15) is 0 Å².